The topological polar surface area (TPSA) is 0 Å². The lowest BCUT2D eigenvalue weighted by Crippen LogP contribution is -2.25. The second kappa shape index (κ2) is 4.30. The Bertz CT molecular complexity index is 174. The molecule has 0 heteroatoms. The van der Waals surface area contributed by atoms with Crippen LogP contribution in [0.15, 0.2) is 12.2 Å². The highest BCUT2D eigenvalue weighted by molar-refractivity contribution is 4.98. The molecule has 0 aromatic heterocycles. The van der Waals surface area contributed by atoms with Crippen molar-refractivity contribution < 1.29 is 0 Å². The van der Waals surface area contributed by atoms with Crippen LogP contribution in [0.5, 0.6) is 0 Å². The molecule has 76 valence electrons. The first-order valence-electron chi connectivity index (χ1n) is 5.73. The first kappa shape index (κ1) is 10.8. The van der Waals surface area contributed by atoms with Crippen molar-refractivity contribution in [2.24, 2.45) is 11.3 Å². The minimum atomic E-state index is 0.544. The summed E-state index contributed by atoms with van der Waals surface area (Å²) in [6.45, 7) is 11.0. The molecule has 1 unspecified atom stereocenters. The molecule has 0 aromatic carbocycles. The van der Waals surface area contributed by atoms with Gasteiger partial charge in [0, 0.05) is 0 Å². The number of hydrogen-bond acceptors (Lipinski definition) is 0. The molecule has 1 aliphatic carbocycles. The van der Waals surface area contributed by atoms with Gasteiger partial charge in [0.05, 0.1) is 0 Å². The summed E-state index contributed by atoms with van der Waals surface area (Å²) in [5.41, 5.74) is 1.90. The van der Waals surface area contributed by atoms with E-state index in [2.05, 4.69) is 27.4 Å². The van der Waals surface area contributed by atoms with Gasteiger partial charge in [0.25, 0.3) is 0 Å². The number of hydrogen-bond donors (Lipinski definition) is 0. The molecule has 1 fully saturated rings. The summed E-state index contributed by atoms with van der Waals surface area (Å²) in [6, 6.07) is 0. The molecule has 0 saturated heterocycles. The predicted molar refractivity (Wildman–Crippen MR) is 59.8 cm³/mol. The molecule has 0 amide bonds. The fourth-order valence-electron chi connectivity index (χ4n) is 2.87. The third kappa shape index (κ3) is 2.59. The molecule has 0 aliphatic heterocycles. The van der Waals surface area contributed by atoms with Crippen molar-refractivity contribution in [2.45, 2.75) is 59.3 Å². The standard InChI is InChI=1S/C13H24/c1-5-13(4,10-11(2)3)12-8-6-7-9-12/h12H,2,5-10H2,1,3-4H3. The van der Waals surface area contributed by atoms with E-state index in [1.54, 1.807) is 0 Å². The van der Waals surface area contributed by atoms with Crippen LogP contribution in [-0.4, -0.2) is 0 Å². The van der Waals surface area contributed by atoms with Crippen LogP contribution in [0, 0.1) is 11.3 Å². The van der Waals surface area contributed by atoms with Gasteiger partial charge in [-0.3, -0.25) is 0 Å². The molecule has 0 bridgehead atoms. The van der Waals surface area contributed by atoms with Gasteiger partial charge >= 0.3 is 0 Å². The van der Waals surface area contributed by atoms with Crippen LogP contribution in [0.4, 0.5) is 0 Å². The smallest absolute Gasteiger partial charge is 0.0263 e. The van der Waals surface area contributed by atoms with Gasteiger partial charge in [0.1, 0.15) is 0 Å². The highest BCUT2D eigenvalue weighted by Crippen LogP contribution is 2.45. The lowest BCUT2D eigenvalue weighted by molar-refractivity contribution is 0.179. The molecule has 1 saturated carbocycles. The van der Waals surface area contributed by atoms with E-state index in [0.717, 1.165) is 5.92 Å². The van der Waals surface area contributed by atoms with Crippen LogP contribution in [0.2, 0.25) is 0 Å². The first-order valence-corrected chi connectivity index (χ1v) is 5.73. The Balaban J connectivity index is 2.61. The summed E-state index contributed by atoms with van der Waals surface area (Å²) >= 11 is 0. The Labute approximate surface area is 83.4 Å². The number of rotatable bonds is 4. The second-order valence-electron chi connectivity index (χ2n) is 5.12. The maximum atomic E-state index is 4.06. The van der Waals surface area contributed by atoms with Crippen LogP contribution in [0.25, 0.3) is 0 Å². The summed E-state index contributed by atoms with van der Waals surface area (Å²) < 4.78 is 0. The zero-order chi connectivity index (χ0) is 9.90. The van der Waals surface area contributed by atoms with E-state index in [1.807, 2.05) is 0 Å². The van der Waals surface area contributed by atoms with Crippen LogP contribution in [-0.2, 0) is 0 Å². The normalized spacial score (nSPS) is 23.0. The third-order valence-corrected chi connectivity index (χ3v) is 3.85. The summed E-state index contributed by atoms with van der Waals surface area (Å²) in [5, 5.41) is 0. The fraction of sp³-hybridized carbons (Fsp3) is 0.846. The van der Waals surface area contributed by atoms with Crippen molar-refractivity contribution in [3.8, 4) is 0 Å². The van der Waals surface area contributed by atoms with Gasteiger partial charge in [-0.05, 0) is 37.5 Å². The predicted octanol–water partition coefficient (Wildman–Crippen LogP) is 4.56. The Morgan fingerprint density at radius 3 is 2.31 bits per heavy atom. The van der Waals surface area contributed by atoms with Crippen molar-refractivity contribution in [1.82, 2.24) is 0 Å². The minimum absolute atomic E-state index is 0.544. The van der Waals surface area contributed by atoms with E-state index in [4.69, 9.17) is 0 Å². The van der Waals surface area contributed by atoms with Gasteiger partial charge < -0.3 is 0 Å². The largest absolute Gasteiger partial charge is 0.100 e. The van der Waals surface area contributed by atoms with Gasteiger partial charge in [-0.25, -0.2) is 0 Å². The highest BCUT2D eigenvalue weighted by Gasteiger charge is 2.33. The zero-order valence-corrected chi connectivity index (χ0v) is 9.53. The fourth-order valence-corrected chi connectivity index (χ4v) is 2.87. The monoisotopic (exact) mass is 180 g/mol. The summed E-state index contributed by atoms with van der Waals surface area (Å²) in [5.74, 6) is 0.967. The van der Waals surface area contributed by atoms with Crippen molar-refractivity contribution in [3.63, 3.8) is 0 Å². The van der Waals surface area contributed by atoms with E-state index in [9.17, 15) is 0 Å². The van der Waals surface area contributed by atoms with E-state index >= 15 is 0 Å². The molecule has 0 aromatic rings. The van der Waals surface area contributed by atoms with Crippen molar-refractivity contribution in [3.05, 3.63) is 12.2 Å². The number of allylic oxidation sites excluding steroid dienone is 1. The lowest BCUT2D eigenvalue weighted by atomic mass is 9.70. The highest BCUT2D eigenvalue weighted by atomic mass is 14.4. The summed E-state index contributed by atoms with van der Waals surface area (Å²) in [7, 11) is 0. The van der Waals surface area contributed by atoms with Gasteiger partial charge in [0.15, 0.2) is 0 Å². The molecule has 1 rings (SSSR count). The maximum Gasteiger partial charge on any atom is -0.0263 e. The van der Waals surface area contributed by atoms with Crippen molar-refractivity contribution in [1.29, 1.82) is 0 Å². The molecule has 0 heterocycles. The average molecular weight is 180 g/mol. The van der Waals surface area contributed by atoms with Crippen LogP contribution < -0.4 is 0 Å². The van der Waals surface area contributed by atoms with Gasteiger partial charge in [-0.2, -0.15) is 0 Å². The molecule has 1 aliphatic rings. The zero-order valence-electron chi connectivity index (χ0n) is 9.53. The van der Waals surface area contributed by atoms with Crippen molar-refractivity contribution >= 4 is 0 Å². The third-order valence-electron chi connectivity index (χ3n) is 3.85. The van der Waals surface area contributed by atoms with Crippen LogP contribution in [0.1, 0.15) is 59.3 Å². The second-order valence-corrected chi connectivity index (χ2v) is 5.12. The molecule has 0 radical (unpaired) electrons. The van der Waals surface area contributed by atoms with E-state index < -0.39 is 0 Å². The minimum Gasteiger partial charge on any atom is -0.100 e. The van der Waals surface area contributed by atoms with Gasteiger partial charge in [0.2, 0.25) is 0 Å². The van der Waals surface area contributed by atoms with Crippen LogP contribution >= 0.6 is 0 Å². The molecule has 13 heavy (non-hydrogen) atoms. The van der Waals surface area contributed by atoms with Crippen LogP contribution in [0.3, 0.4) is 0 Å². The summed E-state index contributed by atoms with van der Waals surface area (Å²) in [4.78, 5) is 0. The van der Waals surface area contributed by atoms with Gasteiger partial charge in [-0.1, -0.05) is 38.7 Å². The Hall–Kier alpha value is -0.260. The van der Waals surface area contributed by atoms with Crippen molar-refractivity contribution in [2.75, 3.05) is 0 Å². The molecular formula is C13H24. The maximum absolute atomic E-state index is 4.06. The Morgan fingerprint density at radius 2 is 1.92 bits per heavy atom. The summed E-state index contributed by atoms with van der Waals surface area (Å²) in [6.07, 6.45) is 8.36. The SMILES string of the molecule is C=C(C)CC(C)(CC)C1CCCC1. The lowest BCUT2D eigenvalue weighted by Gasteiger charge is -2.35. The van der Waals surface area contributed by atoms with E-state index in [0.29, 0.717) is 5.41 Å². The molecule has 0 N–H and O–H groups in total. The Morgan fingerprint density at radius 1 is 1.38 bits per heavy atom. The molecule has 0 spiro atoms. The first-order chi connectivity index (χ1) is 6.08. The van der Waals surface area contributed by atoms with E-state index in [-0.39, 0.29) is 0 Å². The molecular weight excluding hydrogens is 156 g/mol. The Kier molecular flexibility index (Phi) is 3.58. The molecule has 0 nitrogen and oxygen atoms in total. The average Bonchev–Trinajstić information content (AvgIpc) is 2.55. The van der Waals surface area contributed by atoms with E-state index in [1.165, 1.54) is 44.1 Å². The van der Waals surface area contributed by atoms with Gasteiger partial charge in [-0.15, -0.1) is 6.58 Å². The quantitative estimate of drug-likeness (QED) is 0.556. The molecule has 1 atom stereocenters.